The van der Waals surface area contributed by atoms with Crippen molar-refractivity contribution in [3.05, 3.63) is 137 Å². The zero-order valence-corrected chi connectivity index (χ0v) is 61.2. The molecule has 7 aliphatic rings. The molecule has 2 unspecified atom stereocenters. The second kappa shape index (κ2) is 31.7. The Morgan fingerprint density at radius 1 is 0.709 bits per heavy atom. The van der Waals surface area contributed by atoms with E-state index < -0.39 is 56.4 Å². The van der Waals surface area contributed by atoms with Gasteiger partial charge in [-0.15, -0.1) is 0 Å². The summed E-state index contributed by atoms with van der Waals surface area (Å²) in [6.07, 6.45) is 5.18. The molecule has 5 aromatic carbocycles. The quantitative estimate of drug-likeness (QED) is 0.0148. The predicted molar refractivity (Wildman–Crippen MR) is 393 cm³/mol. The number of carbonyl (C=O) groups excluding carboxylic acids is 8. The zero-order valence-electron chi connectivity index (χ0n) is 60.2. The maximum atomic E-state index is 14.8. The lowest BCUT2D eigenvalue weighted by molar-refractivity contribution is -0.131. The Morgan fingerprint density at radius 2 is 1.44 bits per heavy atom. The monoisotopic (exact) mass is 1420 g/mol. The van der Waals surface area contributed by atoms with Crippen molar-refractivity contribution in [2.45, 2.75) is 180 Å². The number of hydrogen-bond acceptors (Lipinski definition) is 15. The van der Waals surface area contributed by atoms with Crippen molar-refractivity contribution < 1.29 is 67.1 Å². The van der Waals surface area contributed by atoms with E-state index in [0.29, 0.717) is 117 Å². The Labute approximate surface area is 603 Å². The van der Waals surface area contributed by atoms with Crippen LogP contribution < -0.4 is 50.6 Å². The van der Waals surface area contributed by atoms with Crippen LogP contribution in [0.3, 0.4) is 0 Å². The Hall–Kier alpha value is -9.44. The van der Waals surface area contributed by atoms with Crippen molar-refractivity contribution in [2.75, 3.05) is 73.5 Å². The fourth-order valence-electron chi connectivity index (χ4n) is 14.6. The number of fused-ring (bicyclic) bond motifs is 6. The largest absolute Gasteiger partial charge is 0.494 e. The first-order valence-corrected chi connectivity index (χ1v) is 40.2. The second-order valence-corrected chi connectivity index (χ2v) is 35.9. The summed E-state index contributed by atoms with van der Waals surface area (Å²) in [5.41, 5.74) is 5.80. The molecule has 24 heteroatoms. The van der Waals surface area contributed by atoms with Gasteiger partial charge in [-0.2, -0.15) is 0 Å². The summed E-state index contributed by atoms with van der Waals surface area (Å²) < 4.78 is 30.9. The van der Waals surface area contributed by atoms with Crippen LogP contribution in [0.25, 0.3) is 0 Å². The van der Waals surface area contributed by atoms with Gasteiger partial charge in [-0.3, -0.25) is 33.6 Å². The first-order chi connectivity index (χ1) is 49.5. The molecular formula is C79H97N9O14Si. The van der Waals surface area contributed by atoms with Crippen LogP contribution in [-0.4, -0.2) is 160 Å². The normalized spacial score (nSPS) is 19.7. The van der Waals surface area contributed by atoms with Gasteiger partial charge in [-0.25, -0.2) is 9.69 Å². The van der Waals surface area contributed by atoms with E-state index in [0.717, 1.165) is 65.5 Å². The zero-order chi connectivity index (χ0) is 72.7. The lowest BCUT2D eigenvalue weighted by Crippen LogP contribution is -2.55. The highest BCUT2D eigenvalue weighted by Gasteiger charge is 2.65. The van der Waals surface area contributed by atoms with E-state index in [1.807, 2.05) is 59.5 Å². The number of amides is 8. The molecule has 0 radical (unpaired) electrons. The van der Waals surface area contributed by atoms with Gasteiger partial charge in [0.25, 0.3) is 11.8 Å². The van der Waals surface area contributed by atoms with Crippen molar-refractivity contribution in [1.29, 1.82) is 0 Å². The van der Waals surface area contributed by atoms with Crippen LogP contribution in [0.5, 0.6) is 17.2 Å². The number of anilines is 4. The summed E-state index contributed by atoms with van der Waals surface area (Å²) in [4.78, 5) is 117. The fourth-order valence-corrected chi connectivity index (χ4v) is 15.3. The molecule has 2 saturated carbocycles. The summed E-state index contributed by atoms with van der Waals surface area (Å²) in [7, 11) is 0.0422. The minimum atomic E-state index is -1.55. The van der Waals surface area contributed by atoms with Gasteiger partial charge in [0.05, 0.1) is 61.2 Å². The topological polar surface area (TPSA) is 276 Å². The molecule has 12 rings (SSSR count). The van der Waals surface area contributed by atoms with E-state index in [4.69, 9.17) is 23.7 Å². The molecule has 8 amide bonds. The molecule has 4 fully saturated rings. The average molecular weight is 1420 g/mol. The highest BCUT2D eigenvalue weighted by atomic mass is 28.3. The van der Waals surface area contributed by atoms with Gasteiger partial charge in [-0.1, -0.05) is 87.8 Å². The minimum absolute atomic E-state index is 0.000191. The van der Waals surface area contributed by atoms with Gasteiger partial charge in [0, 0.05) is 101 Å². The number of rotatable bonds is 29. The van der Waals surface area contributed by atoms with Gasteiger partial charge >= 0.3 is 6.09 Å². The summed E-state index contributed by atoms with van der Waals surface area (Å²) in [6.45, 7) is 15.4. The molecule has 0 bridgehead atoms. The van der Waals surface area contributed by atoms with Crippen molar-refractivity contribution in [1.82, 2.24) is 25.8 Å². The number of unbranched alkanes of at least 4 members (excludes halogenated alkanes) is 3. The van der Waals surface area contributed by atoms with E-state index in [1.165, 1.54) is 19.8 Å². The van der Waals surface area contributed by atoms with E-state index in [-0.39, 0.29) is 84.0 Å². The Morgan fingerprint density at radius 3 is 2.17 bits per heavy atom. The first kappa shape index (κ1) is 73.3. The molecule has 2 spiro atoms. The number of para-hydroxylation sites is 1. The summed E-state index contributed by atoms with van der Waals surface area (Å²) in [5, 5.41) is 27.3. The molecule has 103 heavy (non-hydrogen) atoms. The number of carbonyl (C=O) groups is 8. The predicted octanol–water partition coefficient (Wildman–Crippen LogP) is 10.1. The molecule has 23 nitrogen and oxygen atoms in total. The minimum Gasteiger partial charge on any atom is -0.494 e. The second-order valence-electron chi connectivity index (χ2n) is 30.3. The number of aliphatic hydroxyl groups excluding tert-OH is 1. The third-order valence-electron chi connectivity index (χ3n) is 21.0. The smallest absolute Gasteiger partial charge is 0.416 e. The number of methoxy groups -OCH3 is 1. The number of ether oxygens (including phenoxy) is 5. The fraction of sp³-hybridized carbons (Fsp3) is 0.494. The Bertz CT molecular complexity index is 4080. The first-order valence-electron chi connectivity index (χ1n) is 36.5. The van der Waals surface area contributed by atoms with Gasteiger partial charge in [0.1, 0.15) is 30.5 Å². The van der Waals surface area contributed by atoms with Crippen LogP contribution in [0.15, 0.2) is 103 Å². The van der Waals surface area contributed by atoms with Gasteiger partial charge in [-0.05, 0) is 148 Å². The number of benzene rings is 5. The lowest BCUT2D eigenvalue weighted by atomic mass is 9.97. The average Bonchev–Trinajstić information content (AvgIpc) is 1.55. The molecule has 6 N–H and O–H groups in total. The summed E-state index contributed by atoms with van der Waals surface area (Å²) in [6, 6.07) is 28.6. The number of aliphatic hydroxyl groups is 1. The van der Waals surface area contributed by atoms with Crippen LogP contribution in [0.4, 0.5) is 27.5 Å². The number of nitrogens with zero attached hydrogens (tertiary/aromatic N) is 4. The molecule has 5 heterocycles. The number of nitrogens with one attached hydrogen (secondary N) is 5. The van der Waals surface area contributed by atoms with Crippen molar-refractivity contribution in [3.8, 4) is 29.1 Å². The lowest BCUT2D eigenvalue weighted by Gasteiger charge is -2.35. The van der Waals surface area contributed by atoms with E-state index in [1.54, 1.807) is 79.3 Å². The highest BCUT2D eigenvalue weighted by molar-refractivity contribution is 6.76. The Kier molecular flexibility index (Phi) is 22.5. The molecule has 546 valence electrons. The van der Waals surface area contributed by atoms with E-state index in [2.05, 4.69) is 58.1 Å². The Balaban J connectivity index is 0.603. The maximum Gasteiger partial charge on any atom is 0.416 e. The van der Waals surface area contributed by atoms with Crippen molar-refractivity contribution in [3.63, 3.8) is 0 Å². The van der Waals surface area contributed by atoms with Crippen LogP contribution >= 0.6 is 0 Å². The van der Waals surface area contributed by atoms with Gasteiger partial charge < -0.3 is 70.1 Å². The van der Waals surface area contributed by atoms with E-state index >= 15 is 0 Å². The third kappa shape index (κ3) is 17.3. The van der Waals surface area contributed by atoms with Crippen LogP contribution in [-0.2, 0) is 46.6 Å². The SMILES string of the molecule is COc1cc2c(cc1OCCCCCOc1ccc3c(c1)N(C(=O)OCc1ccc(NC(=O)[C@H](C)NC(=O)[C@@H](NC(=O)CCCCNC(=O)CCC(=O)N4Cc5ccccc5C#Cc5ccccc54)C(C)C)cc1)C(O)[C@@H]1C(OCC[Si](C)(C)C)C4(CC4)CN1C3=O)NC[C@@H]1CC3(CC3)CN1C2=O. The van der Waals surface area contributed by atoms with Gasteiger partial charge in [0.2, 0.25) is 29.5 Å². The van der Waals surface area contributed by atoms with Crippen LogP contribution in [0.2, 0.25) is 25.7 Å². The third-order valence-corrected chi connectivity index (χ3v) is 22.7. The molecule has 6 atom stereocenters. The molecule has 5 aromatic rings. The standard InChI is InChI=1S/C79H97N9O14Si/c1-50(2)69(84-67(90)21-13-14-36-80-66(89)30-31-68(91)85-46-55-19-10-9-17-53(55)24-25-54-18-11-12-20-62(54)85)73(93)82-51(3)72(92)83-56-26-22-52(23-27-56)47-102-77(97)88-63-41-58(28-29-59(63)74(94)87-49-79(34-35-79)71(70(87)76(88)96)101-39-40-103(5,6)7)99-37-15-8-16-38-100-65-43-61-60(42-64(65)98-4)75(95)86-48-78(32-33-78)44-57(86)45-81-61/h9-12,17-20,22-23,26-29,41-43,50-51,57,69-71,76,81,96H,8,13-16,21,30-40,44-49H2,1-7H3,(H,80,89)(H,82,93)(H,83,92)(H,84,90)/t51-,57-,69-,70-,71?,76?/m0/s1. The van der Waals surface area contributed by atoms with Crippen molar-refractivity contribution >= 4 is 78.3 Å². The van der Waals surface area contributed by atoms with Crippen molar-refractivity contribution in [2.24, 2.45) is 16.7 Å². The summed E-state index contributed by atoms with van der Waals surface area (Å²) in [5.74, 6) is 5.32. The number of hydrogen-bond donors (Lipinski definition) is 6. The molecular weight excluding hydrogens is 1330 g/mol. The van der Waals surface area contributed by atoms with Crippen LogP contribution in [0.1, 0.15) is 147 Å². The molecule has 2 saturated heterocycles. The molecule has 5 aliphatic heterocycles. The van der Waals surface area contributed by atoms with E-state index in [9.17, 15) is 43.5 Å². The highest BCUT2D eigenvalue weighted by Crippen LogP contribution is 2.59. The summed E-state index contributed by atoms with van der Waals surface area (Å²) >= 11 is 0. The molecule has 0 aromatic heterocycles. The maximum absolute atomic E-state index is 14.8. The van der Waals surface area contributed by atoms with Gasteiger partial charge in [0.15, 0.2) is 17.7 Å². The molecule has 2 aliphatic carbocycles. The van der Waals surface area contributed by atoms with Crippen LogP contribution in [0, 0.1) is 28.6 Å².